The first kappa shape index (κ1) is 18.9. The lowest BCUT2D eigenvalue weighted by Crippen LogP contribution is -2.58. The fourth-order valence-electron chi connectivity index (χ4n) is 3.85. The zero-order chi connectivity index (χ0) is 18.9. The number of carbonyl (C=O) groups is 2. The lowest BCUT2D eigenvalue weighted by atomic mass is 10.0. The summed E-state index contributed by atoms with van der Waals surface area (Å²) in [6, 6.07) is 10.0. The second-order valence-electron chi connectivity index (χ2n) is 8.31. The van der Waals surface area contributed by atoms with E-state index in [9.17, 15) is 14.7 Å². The van der Waals surface area contributed by atoms with Crippen LogP contribution in [-0.4, -0.2) is 76.5 Å². The van der Waals surface area contributed by atoms with Gasteiger partial charge in [-0.05, 0) is 26.5 Å². The molecule has 1 atom stereocenters. The van der Waals surface area contributed by atoms with Gasteiger partial charge in [0.25, 0.3) is 0 Å². The zero-order valence-corrected chi connectivity index (χ0v) is 15.9. The average molecular weight is 359 g/mol. The second kappa shape index (κ2) is 7.37. The Morgan fingerprint density at radius 2 is 1.88 bits per heavy atom. The Bertz CT molecular complexity index is 650. The van der Waals surface area contributed by atoms with Gasteiger partial charge in [0.1, 0.15) is 0 Å². The van der Waals surface area contributed by atoms with Crippen molar-refractivity contribution in [2.75, 3.05) is 33.2 Å². The minimum Gasteiger partial charge on any atom is -0.389 e. The van der Waals surface area contributed by atoms with E-state index in [0.29, 0.717) is 13.1 Å². The van der Waals surface area contributed by atoms with Gasteiger partial charge in [0.15, 0.2) is 0 Å². The van der Waals surface area contributed by atoms with Crippen molar-refractivity contribution in [3.8, 4) is 0 Å². The van der Waals surface area contributed by atoms with Crippen molar-refractivity contribution in [3.63, 3.8) is 0 Å². The predicted molar refractivity (Wildman–Crippen MR) is 99.3 cm³/mol. The fourth-order valence-corrected chi connectivity index (χ4v) is 3.85. The minimum atomic E-state index is -0.983. The quantitative estimate of drug-likeness (QED) is 0.821. The maximum absolute atomic E-state index is 13.1. The van der Waals surface area contributed by atoms with Crippen LogP contribution in [0.4, 0.5) is 0 Å². The molecule has 6 heteroatoms. The van der Waals surface area contributed by atoms with E-state index in [1.54, 1.807) is 18.7 Å². The molecule has 1 N–H and O–H groups in total. The number of benzene rings is 1. The van der Waals surface area contributed by atoms with Crippen LogP contribution >= 0.6 is 0 Å². The molecule has 1 unspecified atom stereocenters. The monoisotopic (exact) mass is 359 g/mol. The highest BCUT2D eigenvalue weighted by Gasteiger charge is 2.42. The number of nitrogens with zero attached hydrogens (tertiary/aromatic N) is 3. The summed E-state index contributed by atoms with van der Waals surface area (Å²) >= 11 is 0. The number of carbonyl (C=O) groups excluding carboxylic acids is 2. The SMILES string of the molecule is CN1CC(N2CC(C(=O)N(Cc3ccccc3)CC(C)(C)O)CC2=O)C1. The van der Waals surface area contributed by atoms with Crippen molar-refractivity contribution in [2.45, 2.75) is 38.5 Å². The highest BCUT2D eigenvalue weighted by atomic mass is 16.3. The van der Waals surface area contributed by atoms with E-state index >= 15 is 0 Å². The van der Waals surface area contributed by atoms with Gasteiger partial charge in [-0.2, -0.15) is 0 Å². The molecule has 142 valence electrons. The lowest BCUT2D eigenvalue weighted by Gasteiger charge is -2.42. The van der Waals surface area contributed by atoms with Crippen molar-refractivity contribution in [1.82, 2.24) is 14.7 Å². The van der Waals surface area contributed by atoms with Crippen LogP contribution in [0.5, 0.6) is 0 Å². The Hall–Kier alpha value is -1.92. The number of aliphatic hydroxyl groups is 1. The summed E-state index contributed by atoms with van der Waals surface area (Å²) in [4.78, 5) is 31.3. The van der Waals surface area contributed by atoms with Crippen molar-refractivity contribution >= 4 is 11.8 Å². The molecule has 26 heavy (non-hydrogen) atoms. The molecule has 2 saturated heterocycles. The molecule has 2 amide bonds. The average Bonchev–Trinajstić information content (AvgIpc) is 2.91. The van der Waals surface area contributed by atoms with E-state index in [4.69, 9.17) is 0 Å². The van der Waals surface area contributed by atoms with E-state index in [2.05, 4.69) is 4.90 Å². The fraction of sp³-hybridized carbons (Fsp3) is 0.600. The lowest BCUT2D eigenvalue weighted by molar-refractivity contribution is -0.139. The number of rotatable bonds is 6. The van der Waals surface area contributed by atoms with Gasteiger partial charge in [-0.25, -0.2) is 0 Å². The molecule has 1 aromatic rings. The van der Waals surface area contributed by atoms with Gasteiger partial charge in [-0.1, -0.05) is 30.3 Å². The molecular weight excluding hydrogens is 330 g/mol. The number of likely N-dealkylation sites (N-methyl/N-ethyl adjacent to an activating group) is 1. The van der Waals surface area contributed by atoms with Gasteiger partial charge in [0.05, 0.1) is 17.6 Å². The van der Waals surface area contributed by atoms with Crippen LogP contribution in [0.15, 0.2) is 30.3 Å². The first-order valence-corrected chi connectivity index (χ1v) is 9.26. The molecular formula is C20H29N3O3. The number of hydrogen-bond acceptors (Lipinski definition) is 4. The summed E-state index contributed by atoms with van der Waals surface area (Å²) in [5.74, 6) is -0.289. The van der Waals surface area contributed by atoms with Crippen LogP contribution in [0.3, 0.4) is 0 Å². The third kappa shape index (κ3) is 4.43. The summed E-state index contributed by atoms with van der Waals surface area (Å²) in [5.41, 5.74) is 0.0376. The minimum absolute atomic E-state index is 0.0421. The largest absolute Gasteiger partial charge is 0.389 e. The van der Waals surface area contributed by atoms with Gasteiger partial charge in [-0.15, -0.1) is 0 Å². The molecule has 0 radical (unpaired) electrons. The van der Waals surface area contributed by atoms with Crippen LogP contribution in [0, 0.1) is 5.92 Å². The van der Waals surface area contributed by atoms with Gasteiger partial charge in [0.2, 0.25) is 11.8 Å². The first-order chi connectivity index (χ1) is 12.2. The Balaban J connectivity index is 1.69. The normalized spacial score (nSPS) is 21.8. The zero-order valence-electron chi connectivity index (χ0n) is 15.9. The maximum Gasteiger partial charge on any atom is 0.228 e. The van der Waals surface area contributed by atoms with Gasteiger partial charge < -0.3 is 19.8 Å². The summed E-state index contributed by atoms with van der Waals surface area (Å²) in [7, 11) is 2.03. The van der Waals surface area contributed by atoms with Gasteiger partial charge >= 0.3 is 0 Å². The highest BCUT2D eigenvalue weighted by Crippen LogP contribution is 2.26. The van der Waals surface area contributed by atoms with Crippen LogP contribution in [0.25, 0.3) is 0 Å². The van der Waals surface area contributed by atoms with Crippen molar-refractivity contribution in [1.29, 1.82) is 0 Å². The molecule has 1 aromatic carbocycles. The molecule has 0 saturated carbocycles. The second-order valence-corrected chi connectivity index (χ2v) is 8.31. The first-order valence-electron chi connectivity index (χ1n) is 9.26. The molecule has 2 aliphatic heterocycles. The third-order valence-corrected chi connectivity index (χ3v) is 5.10. The highest BCUT2D eigenvalue weighted by molar-refractivity contribution is 5.89. The number of amides is 2. The van der Waals surface area contributed by atoms with Crippen molar-refractivity contribution in [3.05, 3.63) is 35.9 Å². The third-order valence-electron chi connectivity index (χ3n) is 5.10. The maximum atomic E-state index is 13.1. The topological polar surface area (TPSA) is 64.1 Å². The molecule has 2 fully saturated rings. The predicted octanol–water partition coefficient (Wildman–Crippen LogP) is 0.949. The van der Waals surface area contributed by atoms with Gasteiger partial charge in [-0.3, -0.25) is 9.59 Å². The van der Waals surface area contributed by atoms with Crippen LogP contribution in [-0.2, 0) is 16.1 Å². The van der Waals surface area contributed by atoms with E-state index in [1.807, 2.05) is 42.3 Å². The summed E-state index contributed by atoms with van der Waals surface area (Å²) in [6.45, 7) is 6.35. The van der Waals surface area contributed by atoms with Crippen LogP contribution in [0.1, 0.15) is 25.8 Å². The molecule has 0 bridgehead atoms. The standard InChI is InChI=1S/C20H29N3O3/c1-20(2,26)14-22(10-15-7-5-4-6-8-15)19(25)16-9-18(24)23(11-16)17-12-21(3)13-17/h4-8,16-17,26H,9-14H2,1-3H3. The summed E-state index contributed by atoms with van der Waals surface area (Å²) in [6.07, 6.45) is 0.274. The molecule has 0 spiro atoms. The molecule has 0 aliphatic carbocycles. The van der Waals surface area contributed by atoms with E-state index < -0.39 is 5.60 Å². The Labute approximate surface area is 155 Å². The molecule has 2 heterocycles. The van der Waals surface area contributed by atoms with Crippen LogP contribution < -0.4 is 0 Å². The van der Waals surface area contributed by atoms with E-state index in [1.165, 1.54) is 0 Å². The molecule has 2 aliphatic rings. The summed E-state index contributed by atoms with van der Waals surface area (Å²) < 4.78 is 0. The smallest absolute Gasteiger partial charge is 0.228 e. The Morgan fingerprint density at radius 3 is 2.46 bits per heavy atom. The molecule has 0 aromatic heterocycles. The van der Waals surface area contributed by atoms with Crippen molar-refractivity contribution in [2.24, 2.45) is 5.92 Å². The van der Waals surface area contributed by atoms with Gasteiger partial charge in [0, 0.05) is 39.1 Å². The molecule has 6 nitrogen and oxygen atoms in total. The van der Waals surface area contributed by atoms with E-state index in [0.717, 1.165) is 18.7 Å². The number of likely N-dealkylation sites (tertiary alicyclic amines) is 2. The van der Waals surface area contributed by atoms with Crippen LogP contribution in [0.2, 0.25) is 0 Å². The van der Waals surface area contributed by atoms with Crippen molar-refractivity contribution < 1.29 is 14.7 Å². The van der Waals surface area contributed by atoms with E-state index in [-0.39, 0.29) is 36.7 Å². The molecule has 3 rings (SSSR count). The summed E-state index contributed by atoms with van der Waals surface area (Å²) in [5, 5.41) is 10.2. The Morgan fingerprint density at radius 1 is 1.23 bits per heavy atom. The Kier molecular flexibility index (Phi) is 5.34. The number of hydrogen-bond donors (Lipinski definition) is 1.